The second-order valence-electron chi connectivity index (χ2n) is 5.27. The minimum Gasteiger partial charge on any atom is -0.497 e. The number of nitrogens with one attached hydrogen (secondary N) is 4. The van der Waals surface area contributed by atoms with Gasteiger partial charge in [0.15, 0.2) is 0 Å². The molecule has 0 fully saturated rings. The van der Waals surface area contributed by atoms with Crippen molar-refractivity contribution in [3.63, 3.8) is 0 Å². The molecule has 5 N–H and O–H groups in total. The Kier molecular flexibility index (Phi) is 9.01. The highest BCUT2D eigenvalue weighted by Gasteiger charge is 2.03. The zero-order valence-electron chi connectivity index (χ0n) is 14.8. The standard InChI is InChI=1S/C16H23N5O.HNO3/c1-3-4-5-8-18-16(17)21-20-11-12-10-19-15-7-6-13(22-2)9-14(12)15;2-1(3)4/h6-7,9-11,19H,3-5,8H2,1-2H3,(H3,17,18,21);(H,2,3,4)/b20-11+;. The van der Waals surface area contributed by atoms with Crippen molar-refractivity contribution in [3.05, 3.63) is 40.1 Å². The third-order valence-corrected chi connectivity index (χ3v) is 3.38. The molecule has 0 unspecified atom stereocenters. The SMILES string of the molecule is CCCCCNC(=N)N/N=C/c1c[nH]c2ccc(OC)cc12.O=[N+]([O-])O. The maximum absolute atomic E-state index is 8.36. The van der Waals surface area contributed by atoms with Crippen LogP contribution >= 0.6 is 0 Å². The first kappa shape index (κ1) is 20.7. The van der Waals surface area contributed by atoms with Gasteiger partial charge in [-0.3, -0.25) is 5.41 Å². The highest BCUT2D eigenvalue weighted by molar-refractivity contribution is 5.99. The largest absolute Gasteiger partial charge is 0.497 e. The number of guanidine groups is 1. The van der Waals surface area contributed by atoms with Gasteiger partial charge in [-0.15, -0.1) is 10.1 Å². The molecule has 1 heterocycles. The van der Waals surface area contributed by atoms with Gasteiger partial charge in [-0.25, -0.2) is 5.43 Å². The van der Waals surface area contributed by atoms with Crippen LogP contribution in [0.3, 0.4) is 0 Å². The highest BCUT2D eigenvalue weighted by atomic mass is 16.9. The van der Waals surface area contributed by atoms with E-state index in [1.165, 1.54) is 12.8 Å². The number of H-pyrrole nitrogens is 1. The Labute approximate surface area is 150 Å². The van der Waals surface area contributed by atoms with Crippen molar-refractivity contribution in [1.82, 2.24) is 15.7 Å². The molecule has 2 aromatic rings. The van der Waals surface area contributed by atoms with Crippen molar-refractivity contribution in [3.8, 4) is 5.75 Å². The second-order valence-corrected chi connectivity index (χ2v) is 5.27. The summed E-state index contributed by atoms with van der Waals surface area (Å²) in [6, 6.07) is 5.84. The molecule has 0 aliphatic rings. The number of aromatic amines is 1. The molecule has 0 amide bonds. The average molecular weight is 364 g/mol. The van der Waals surface area contributed by atoms with Gasteiger partial charge in [0.2, 0.25) is 5.96 Å². The quantitative estimate of drug-likeness (QED) is 0.167. The smallest absolute Gasteiger partial charge is 0.291 e. The lowest BCUT2D eigenvalue weighted by atomic mass is 10.2. The van der Waals surface area contributed by atoms with Crippen LogP contribution in [-0.4, -0.2) is 41.1 Å². The Morgan fingerprint density at radius 1 is 1.50 bits per heavy atom. The van der Waals surface area contributed by atoms with Crippen molar-refractivity contribution >= 4 is 23.1 Å². The van der Waals surface area contributed by atoms with Gasteiger partial charge in [-0.05, 0) is 24.6 Å². The van der Waals surface area contributed by atoms with E-state index in [1.807, 2.05) is 24.4 Å². The van der Waals surface area contributed by atoms with Crippen LogP contribution in [0.1, 0.15) is 31.7 Å². The number of rotatable bonds is 7. The lowest BCUT2D eigenvalue weighted by molar-refractivity contribution is -0.742. The maximum Gasteiger partial charge on any atom is 0.291 e. The number of hydrogen-bond acceptors (Lipinski definition) is 5. The Morgan fingerprint density at radius 3 is 2.88 bits per heavy atom. The summed E-state index contributed by atoms with van der Waals surface area (Å²) >= 11 is 0. The van der Waals surface area contributed by atoms with Crippen LogP contribution in [0.25, 0.3) is 10.9 Å². The normalized spacial score (nSPS) is 10.2. The topological polar surface area (TPSA) is 149 Å². The minimum atomic E-state index is -1.50. The van der Waals surface area contributed by atoms with E-state index in [4.69, 9.17) is 25.5 Å². The molecule has 10 nitrogen and oxygen atoms in total. The first-order valence-corrected chi connectivity index (χ1v) is 8.07. The summed E-state index contributed by atoms with van der Waals surface area (Å²) in [5.41, 5.74) is 4.66. The number of methoxy groups -OCH3 is 1. The zero-order chi connectivity index (χ0) is 19.4. The molecule has 142 valence electrons. The van der Waals surface area contributed by atoms with Gasteiger partial charge < -0.3 is 20.2 Å². The summed E-state index contributed by atoms with van der Waals surface area (Å²) in [4.78, 5) is 11.5. The Morgan fingerprint density at radius 2 is 2.23 bits per heavy atom. The Bertz CT molecular complexity index is 739. The van der Waals surface area contributed by atoms with E-state index < -0.39 is 5.09 Å². The van der Waals surface area contributed by atoms with Crippen LogP contribution in [-0.2, 0) is 0 Å². The van der Waals surface area contributed by atoms with E-state index in [0.717, 1.165) is 35.2 Å². The number of unbranched alkanes of at least 4 members (excludes halogenated alkanes) is 2. The van der Waals surface area contributed by atoms with Crippen molar-refractivity contribution < 1.29 is 15.0 Å². The molecule has 0 saturated carbocycles. The predicted molar refractivity (Wildman–Crippen MR) is 99.6 cm³/mol. The number of nitrogens with zero attached hydrogens (tertiary/aromatic N) is 2. The number of aromatic nitrogens is 1. The van der Waals surface area contributed by atoms with Crippen LogP contribution < -0.4 is 15.5 Å². The molecule has 2 rings (SSSR count). The van der Waals surface area contributed by atoms with Crippen molar-refractivity contribution in [2.45, 2.75) is 26.2 Å². The molecule has 0 aliphatic carbocycles. The molecule has 0 radical (unpaired) electrons. The van der Waals surface area contributed by atoms with E-state index in [1.54, 1.807) is 13.3 Å². The monoisotopic (exact) mass is 364 g/mol. The second kappa shape index (κ2) is 11.3. The van der Waals surface area contributed by atoms with Gasteiger partial charge in [-0.1, -0.05) is 19.8 Å². The molecule has 0 aliphatic heterocycles. The predicted octanol–water partition coefficient (Wildman–Crippen LogP) is 2.47. The average Bonchev–Trinajstić information content (AvgIpc) is 3.00. The van der Waals surface area contributed by atoms with Crippen LogP contribution in [0.4, 0.5) is 0 Å². The van der Waals surface area contributed by atoms with Gasteiger partial charge >= 0.3 is 0 Å². The van der Waals surface area contributed by atoms with Gasteiger partial charge in [-0.2, -0.15) is 5.10 Å². The molecular weight excluding hydrogens is 340 g/mol. The number of hydrogen-bond donors (Lipinski definition) is 5. The summed E-state index contributed by atoms with van der Waals surface area (Å²) in [6.07, 6.45) is 6.98. The fourth-order valence-corrected chi connectivity index (χ4v) is 2.15. The van der Waals surface area contributed by atoms with Gasteiger partial charge in [0, 0.05) is 29.2 Å². The summed E-state index contributed by atoms with van der Waals surface area (Å²) in [5, 5.41) is 29.5. The first-order chi connectivity index (χ1) is 12.5. The molecule has 1 aromatic carbocycles. The third-order valence-electron chi connectivity index (χ3n) is 3.38. The fourth-order valence-electron chi connectivity index (χ4n) is 2.15. The molecule has 1 aromatic heterocycles. The Hall–Kier alpha value is -3.30. The summed E-state index contributed by atoms with van der Waals surface area (Å²) in [5.74, 6) is 1.02. The van der Waals surface area contributed by atoms with Gasteiger partial charge in [0.1, 0.15) is 5.75 Å². The van der Waals surface area contributed by atoms with Crippen molar-refractivity contribution in [1.29, 1.82) is 5.41 Å². The van der Waals surface area contributed by atoms with Crippen LogP contribution in [0.15, 0.2) is 29.5 Å². The minimum absolute atomic E-state index is 0.213. The maximum atomic E-state index is 8.36. The number of benzene rings is 1. The summed E-state index contributed by atoms with van der Waals surface area (Å²) < 4.78 is 5.24. The fraction of sp³-hybridized carbons (Fsp3) is 0.375. The molecule has 0 saturated heterocycles. The third kappa shape index (κ3) is 7.51. The molecular formula is C16H24N6O4. The van der Waals surface area contributed by atoms with Crippen molar-refractivity contribution in [2.24, 2.45) is 5.10 Å². The van der Waals surface area contributed by atoms with Crippen LogP contribution in [0, 0.1) is 15.5 Å². The van der Waals surface area contributed by atoms with E-state index in [2.05, 4.69) is 27.8 Å². The van der Waals surface area contributed by atoms with E-state index in [-0.39, 0.29) is 5.96 Å². The van der Waals surface area contributed by atoms with Crippen LogP contribution in [0.2, 0.25) is 0 Å². The van der Waals surface area contributed by atoms with E-state index in [0.29, 0.717) is 0 Å². The molecule has 0 atom stereocenters. The zero-order valence-corrected chi connectivity index (χ0v) is 14.8. The molecule has 0 spiro atoms. The van der Waals surface area contributed by atoms with E-state index in [9.17, 15) is 0 Å². The number of hydrazone groups is 1. The van der Waals surface area contributed by atoms with Crippen LogP contribution in [0.5, 0.6) is 5.75 Å². The van der Waals surface area contributed by atoms with E-state index >= 15 is 0 Å². The first-order valence-electron chi connectivity index (χ1n) is 8.07. The molecule has 10 heteroatoms. The summed E-state index contributed by atoms with van der Waals surface area (Å²) in [7, 11) is 1.65. The van der Waals surface area contributed by atoms with Gasteiger partial charge in [0.05, 0.1) is 13.3 Å². The van der Waals surface area contributed by atoms with Crippen molar-refractivity contribution in [2.75, 3.05) is 13.7 Å². The summed E-state index contributed by atoms with van der Waals surface area (Å²) in [6.45, 7) is 2.95. The molecule has 0 bridgehead atoms. The number of ether oxygens (including phenoxy) is 1. The Balaban J connectivity index is 0.000000765. The number of fused-ring (bicyclic) bond motifs is 1. The van der Waals surface area contributed by atoms with Gasteiger partial charge in [0.25, 0.3) is 5.09 Å². The molecule has 26 heavy (non-hydrogen) atoms. The lowest BCUT2D eigenvalue weighted by Gasteiger charge is -2.05. The lowest BCUT2D eigenvalue weighted by Crippen LogP contribution is -2.33. The highest BCUT2D eigenvalue weighted by Crippen LogP contribution is 2.22.